The molecule has 1 atom stereocenters. The maximum Gasteiger partial charge on any atom is 0.416 e. The van der Waals surface area contributed by atoms with Crippen molar-refractivity contribution in [1.82, 2.24) is 25.0 Å². The number of H-pyrrole nitrogens is 1. The molecule has 0 radical (unpaired) electrons. The van der Waals surface area contributed by atoms with E-state index in [2.05, 4.69) is 20.3 Å². The number of amides is 1. The summed E-state index contributed by atoms with van der Waals surface area (Å²) in [6, 6.07) is 6.31. The van der Waals surface area contributed by atoms with Gasteiger partial charge in [-0.1, -0.05) is 0 Å². The zero-order valence-electron chi connectivity index (χ0n) is 15.7. The molecule has 1 aromatic carbocycles. The molecule has 7 nitrogen and oxygen atoms in total. The summed E-state index contributed by atoms with van der Waals surface area (Å²) in [5.74, 6) is -0.326. The number of pyridine rings is 1. The van der Waals surface area contributed by atoms with Gasteiger partial charge in [-0.3, -0.25) is 14.6 Å². The molecular weight excluding hydrogens is 397 g/mol. The fourth-order valence-electron chi connectivity index (χ4n) is 3.71. The minimum absolute atomic E-state index is 0.153. The van der Waals surface area contributed by atoms with E-state index < -0.39 is 11.7 Å². The second kappa shape index (κ2) is 6.41. The monoisotopic (exact) mass is 412 g/mol. The summed E-state index contributed by atoms with van der Waals surface area (Å²) < 4.78 is 40.3. The Labute approximate surface area is 168 Å². The van der Waals surface area contributed by atoms with Crippen LogP contribution >= 0.6 is 0 Å². The number of carbonyl (C=O) groups excluding carboxylic acids is 1. The van der Waals surface area contributed by atoms with Gasteiger partial charge in [0.25, 0.3) is 5.91 Å². The van der Waals surface area contributed by atoms with Crippen LogP contribution in [0.5, 0.6) is 0 Å². The van der Waals surface area contributed by atoms with Crippen molar-refractivity contribution in [2.45, 2.75) is 19.1 Å². The Morgan fingerprint density at radius 1 is 1.13 bits per heavy atom. The molecule has 1 aliphatic heterocycles. The average molecular weight is 412 g/mol. The predicted molar refractivity (Wildman–Crippen MR) is 103 cm³/mol. The van der Waals surface area contributed by atoms with Gasteiger partial charge in [0.1, 0.15) is 5.69 Å². The maximum atomic E-state index is 13.3. The number of hydrogen-bond acceptors (Lipinski definition) is 4. The predicted octanol–water partition coefficient (Wildman–Crippen LogP) is 4.06. The summed E-state index contributed by atoms with van der Waals surface area (Å²) in [6.07, 6.45) is 0.458. The lowest BCUT2D eigenvalue weighted by Gasteiger charge is -2.32. The second-order valence-electron chi connectivity index (χ2n) is 7.19. The molecule has 0 unspecified atom stereocenters. The van der Waals surface area contributed by atoms with Gasteiger partial charge < -0.3 is 4.90 Å². The first-order valence-electron chi connectivity index (χ1n) is 9.19. The van der Waals surface area contributed by atoms with Gasteiger partial charge in [-0.25, -0.2) is 4.98 Å². The van der Waals surface area contributed by atoms with Crippen molar-refractivity contribution >= 4 is 22.6 Å². The topological polar surface area (TPSA) is 79.7 Å². The highest BCUT2D eigenvalue weighted by atomic mass is 19.4. The normalized spacial score (nSPS) is 16.9. The molecule has 0 spiro atoms. The van der Waals surface area contributed by atoms with Crippen LogP contribution < -0.4 is 4.90 Å². The maximum absolute atomic E-state index is 13.3. The molecule has 0 fully saturated rings. The van der Waals surface area contributed by atoms with E-state index in [1.165, 1.54) is 17.0 Å². The van der Waals surface area contributed by atoms with Crippen LogP contribution in [0, 0.1) is 0 Å². The van der Waals surface area contributed by atoms with Crippen LogP contribution in [0.4, 0.5) is 18.9 Å². The van der Waals surface area contributed by atoms with E-state index in [9.17, 15) is 18.0 Å². The Hall–Kier alpha value is -3.69. The molecule has 0 aliphatic carbocycles. The van der Waals surface area contributed by atoms with Crippen LogP contribution in [0.3, 0.4) is 0 Å². The van der Waals surface area contributed by atoms with Crippen molar-refractivity contribution < 1.29 is 18.0 Å². The standard InChI is InChI=1S/C20H15F3N6O/c1-11-10-28(15-4-2-14(3-5-15)20(21,22)23)19(30)17-16(9-26-29(11)17)12-6-13-8-25-27-18(13)24-7-12/h2-9,11H,10H2,1H3,(H,24,25,27)/t11-/m0/s1. The van der Waals surface area contributed by atoms with Crippen LogP contribution in [0.2, 0.25) is 0 Å². The van der Waals surface area contributed by atoms with Gasteiger partial charge in [-0.15, -0.1) is 0 Å². The molecular formula is C20H15F3N6O. The number of nitrogens with one attached hydrogen (secondary N) is 1. The molecule has 3 aromatic heterocycles. The zero-order chi connectivity index (χ0) is 21.0. The summed E-state index contributed by atoms with van der Waals surface area (Å²) in [5.41, 5.74) is 1.97. The highest BCUT2D eigenvalue weighted by Crippen LogP contribution is 2.35. The van der Waals surface area contributed by atoms with Crippen molar-refractivity contribution in [2.24, 2.45) is 0 Å². The Bertz CT molecular complexity index is 1260. The van der Waals surface area contributed by atoms with Crippen molar-refractivity contribution in [3.63, 3.8) is 0 Å². The van der Waals surface area contributed by atoms with E-state index in [4.69, 9.17) is 0 Å². The first kappa shape index (κ1) is 18.3. The Balaban J connectivity index is 1.56. The number of nitrogens with zero attached hydrogens (tertiary/aromatic N) is 5. The molecule has 1 N–H and O–H groups in total. The number of benzene rings is 1. The molecule has 0 saturated carbocycles. The summed E-state index contributed by atoms with van der Waals surface area (Å²) >= 11 is 0. The molecule has 152 valence electrons. The fraction of sp³-hybridized carbons (Fsp3) is 0.200. The van der Waals surface area contributed by atoms with Gasteiger partial charge in [0.2, 0.25) is 0 Å². The van der Waals surface area contributed by atoms with Gasteiger partial charge in [0.15, 0.2) is 5.65 Å². The van der Waals surface area contributed by atoms with Crippen molar-refractivity contribution in [3.05, 3.63) is 60.2 Å². The molecule has 1 amide bonds. The van der Waals surface area contributed by atoms with Crippen molar-refractivity contribution in [2.75, 3.05) is 11.4 Å². The number of carbonyl (C=O) groups is 1. The van der Waals surface area contributed by atoms with Crippen LogP contribution in [0.15, 0.2) is 48.9 Å². The van der Waals surface area contributed by atoms with E-state index in [0.717, 1.165) is 17.5 Å². The van der Waals surface area contributed by atoms with Crippen LogP contribution in [-0.4, -0.2) is 37.4 Å². The minimum atomic E-state index is -4.43. The van der Waals surface area contributed by atoms with Gasteiger partial charge in [0, 0.05) is 34.9 Å². The van der Waals surface area contributed by atoms with Gasteiger partial charge >= 0.3 is 6.18 Å². The van der Waals surface area contributed by atoms with Gasteiger partial charge in [-0.2, -0.15) is 23.4 Å². The van der Waals surface area contributed by atoms with Crippen molar-refractivity contribution in [3.8, 4) is 11.1 Å². The molecule has 4 heterocycles. The largest absolute Gasteiger partial charge is 0.416 e. The number of aromatic nitrogens is 5. The zero-order valence-corrected chi connectivity index (χ0v) is 15.7. The van der Waals surface area contributed by atoms with E-state index in [0.29, 0.717) is 34.7 Å². The van der Waals surface area contributed by atoms with Gasteiger partial charge in [-0.05, 0) is 37.3 Å². The van der Waals surface area contributed by atoms with Crippen LogP contribution in [0.25, 0.3) is 22.2 Å². The van der Waals surface area contributed by atoms with E-state index in [-0.39, 0.29) is 11.9 Å². The molecule has 10 heteroatoms. The lowest BCUT2D eigenvalue weighted by atomic mass is 10.0. The minimum Gasteiger partial charge on any atom is -0.305 e. The molecule has 4 aromatic rings. The lowest BCUT2D eigenvalue weighted by Crippen LogP contribution is -2.42. The number of hydrogen-bond donors (Lipinski definition) is 1. The molecule has 5 rings (SSSR count). The lowest BCUT2D eigenvalue weighted by molar-refractivity contribution is -0.137. The highest BCUT2D eigenvalue weighted by Gasteiger charge is 2.35. The first-order valence-corrected chi connectivity index (χ1v) is 9.19. The Kier molecular flexibility index (Phi) is 3.92. The van der Waals surface area contributed by atoms with Crippen LogP contribution in [-0.2, 0) is 6.18 Å². The van der Waals surface area contributed by atoms with Crippen molar-refractivity contribution in [1.29, 1.82) is 0 Å². The first-order chi connectivity index (χ1) is 14.3. The average Bonchev–Trinajstić information content (AvgIpc) is 3.37. The summed E-state index contributed by atoms with van der Waals surface area (Å²) in [4.78, 5) is 19.1. The Morgan fingerprint density at radius 3 is 2.63 bits per heavy atom. The number of fused-ring (bicyclic) bond motifs is 2. The number of halogens is 3. The summed E-state index contributed by atoms with van der Waals surface area (Å²) in [6.45, 7) is 2.21. The van der Waals surface area contributed by atoms with E-state index in [1.54, 1.807) is 23.3 Å². The SMILES string of the molecule is C[C@H]1CN(c2ccc(C(F)(F)F)cc2)C(=O)c2c(-c3cnc4[nH]ncc4c3)cnn21. The molecule has 0 bridgehead atoms. The summed E-state index contributed by atoms with van der Waals surface area (Å²) in [7, 11) is 0. The third kappa shape index (κ3) is 2.83. The molecule has 30 heavy (non-hydrogen) atoms. The van der Waals surface area contributed by atoms with E-state index in [1.807, 2.05) is 13.0 Å². The molecule has 0 saturated heterocycles. The second-order valence-corrected chi connectivity index (χ2v) is 7.19. The molecule has 1 aliphatic rings. The third-order valence-corrected chi connectivity index (χ3v) is 5.22. The van der Waals surface area contributed by atoms with Crippen LogP contribution in [0.1, 0.15) is 29.0 Å². The highest BCUT2D eigenvalue weighted by molar-refractivity contribution is 6.10. The van der Waals surface area contributed by atoms with Gasteiger partial charge in [0.05, 0.1) is 24.0 Å². The Morgan fingerprint density at radius 2 is 1.90 bits per heavy atom. The fourth-order valence-corrected chi connectivity index (χ4v) is 3.71. The summed E-state index contributed by atoms with van der Waals surface area (Å²) in [5, 5.41) is 11.9. The van der Waals surface area contributed by atoms with E-state index >= 15 is 0 Å². The number of alkyl halides is 3. The third-order valence-electron chi connectivity index (χ3n) is 5.22. The number of anilines is 1. The number of aromatic amines is 1. The smallest absolute Gasteiger partial charge is 0.305 e. The quantitative estimate of drug-likeness (QED) is 0.539. The number of rotatable bonds is 2.